The first-order valence-electron chi connectivity index (χ1n) is 6.68. The van der Waals surface area contributed by atoms with E-state index in [4.69, 9.17) is 21.1 Å². The number of halogens is 1. The molecule has 1 fully saturated rings. The maximum Gasteiger partial charge on any atom is 0.105 e. The van der Waals surface area contributed by atoms with E-state index in [-0.39, 0.29) is 17.7 Å². The molecule has 0 bridgehead atoms. The Kier molecular flexibility index (Phi) is 4.85. The molecule has 1 heterocycles. The van der Waals surface area contributed by atoms with Gasteiger partial charge in [0.1, 0.15) is 6.10 Å². The van der Waals surface area contributed by atoms with Crippen LogP contribution in [0.4, 0.5) is 0 Å². The van der Waals surface area contributed by atoms with Gasteiger partial charge in [0.05, 0.1) is 19.3 Å². The highest BCUT2D eigenvalue weighted by atomic mass is 35.5. The van der Waals surface area contributed by atoms with Crippen LogP contribution in [0.2, 0.25) is 5.02 Å². The lowest BCUT2D eigenvalue weighted by Crippen LogP contribution is -2.42. The standard InChI is InChI=1S/C15H22ClNO2/c1-15(2,3)17-8-14(19-13-9-18-10-13)11-4-6-12(16)7-5-11/h4-7,13-14,17H,8-10H2,1-3H3. The summed E-state index contributed by atoms with van der Waals surface area (Å²) in [7, 11) is 0. The minimum Gasteiger partial charge on any atom is -0.376 e. The average Bonchev–Trinajstić information content (AvgIpc) is 2.27. The Morgan fingerprint density at radius 3 is 2.42 bits per heavy atom. The molecule has 1 aliphatic heterocycles. The Balaban J connectivity index is 2.01. The molecule has 1 aliphatic rings. The molecule has 1 N–H and O–H groups in total. The second-order valence-electron chi connectivity index (χ2n) is 5.97. The molecule has 3 nitrogen and oxygen atoms in total. The summed E-state index contributed by atoms with van der Waals surface area (Å²) in [6, 6.07) is 7.86. The fourth-order valence-corrected chi connectivity index (χ4v) is 1.97. The normalized spacial score (nSPS) is 18.1. The quantitative estimate of drug-likeness (QED) is 0.900. The minimum absolute atomic E-state index is 0.0328. The monoisotopic (exact) mass is 283 g/mol. The molecule has 1 saturated heterocycles. The van der Waals surface area contributed by atoms with Crippen LogP contribution in [-0.4, -0.2) is 31.4 Å². The summed E-state index contributed by atoms with van der Waals surface area (Å²) in [6.07, 6.45) is 0.243. The number of rotatable bonds is 5. The molecule has 106 valence electrons. The summed E-state index contributed by atoms with van der Waals surface area (Å²) < 4.78 is 11.2. The van der Waals surface area contributed by atoms with Gasteiger partial charge >= 0.3 is 0 Å². The summed E-state index contributed by atoms with van der Waals surface area (Å²) in [4.78, 5) is 0. The smallest absolute Gasteiger partial charge is 0.105 e. The third kappa shape index (κ3) is 4.77. The second-order valence-corrected chi connectivity index (χ2v) is 6.40. The van der Waals surface area contributed by atoms with E-state index in [1.807, 2.05) is 24.3 Å². The predicted octanol–water partition coefficient (Wildman–Crippen LogP) is 3.18. The number of benzene rings is 1. The van der Waals surface area contributed by atoms with Gasteiger partial charge in [0, 0.05) is 17.1 Å². The van der Waals surface area contributed by atoms with E-state index in [9.17, 15) is 0 Å². The van der Waals surface area contributed by atoms with E-state index < -0.39 is 0 Å². The number of hydrogen-bond acceptors (Lipinski definition) is 3. The molecule has 0 radical (unpaired) electrons. The zero-order valence-electron chi connectivity index (χ0n) is 11.8. The summed E-state index contributed by atoms with van der Waals surface area (Å²) in [5.74, 6) is 0. The van der Waals surface area contributed by atoms with Gasteiger partial charge in [-0.25, -0.2) is 0 Å². The molecule has 1 aromatic rings. The molecule has 19 heavy (non-hydrogen) atoms. The van der Waals surface area contributed by atoms with Crippen LogP contribution in [0.15, 0.2) is 24.3 Å². The maximum absolute atomic E-state index is 6.08. The van der Waals surface area contributed by atoms with Crippen molar-refractivity contribution < 1.29 is 9.47 Å². The van der Waals surface area contributed by atoms with Crippen LogP contribution in [0.3, 0.4) is 0 Å². The topological polar surface area (TPSA) is 30.5 Å². The van der Waals surface area contributed by atoms with Gasteiger partial charge < -0.3 is 14.8 Å². The Bertz CT molecular complexity index is 396. The molecular weight excluding hydrogens is 262 g/mol. The third-order valence-electron chi connectivity index (χ3n) is 3.02. The van der Waals surface area contributed by atoms with Crippen molar-refractivity contribution >= 4 is 11.6 Å². The highest BCUT2D eigenvalue weighted by molar-refractivity contribution is 6.30. The minimum atomic E-state index is 0.0328. The van der Waals surface area contributed by atoms with Crippen molar-refractivity contribution in [3.05, 3.63) is 34.9 Å². The zero-order chi connectivity index (χ0) is 13.9. The predicted molar refractivity (Wildman–Crippen MR) is 77.6 cm³/mol. The van der Waals surface area contributed by atoms with Crippen LogP contribution in [0.5, 0.6) is 0 Å². The molecule has 0 spiro atoms. The molecule has 1 unspecified atom stereocenters. The van der Waals surface area contributed by atoms with E-state index in [0.29, 0.717) is 13.2 Å². The van der Waals surface area contributed by atoms with E-state index in [0.717, 1.165) is 17.1 Å². The van der Waals surface area contributed by atoms with Crippen LogP contribution < -0.4 is 5.32 Å². The molecule has 0 aliphatic carbocycles. The second kappa shape index (κ2) is 6.23. The molecule has 0 amide bonds. The Morgan fingerprint density at radius 1 is 1.32 bits per heavy atom. The maximum atomic E-state index is 6.08. The van der Waals surface area contributed by atoms with Gasteiger partial charge in [-0.05, 0) is 38.5 Å². The van der Waals surface area contributed by atoms with Crippen molar-refractivity contribution in [3.63, 3.8) is 0 Å². The van der Waals surface area contributed by atoms with Crippen LogP contribution in [0.1, 0.15) is 32.4 Å². The van der Waals surface area contributed by atoms with Crippen LogP contribution in [0, 0.1) is 0 Å². The summed E-state index contributed by atoms with van der Waals surface area (Å²) in [6.45, 7) is 8.62. The van der Waals surface area contributed by atoms with Gasteiger partial charge in [0.25, 0.3) is 0 Å². The largest absolute Gasteiger partial charge is 0.376 e. The summed E-state index contributed by atoms with van der Waals surface area (Å²) in [5.41, 5.74) is 1.22. The lowest BCUT2D eigenvalue weighted by atomic mass is 10.1. The first-order chi connectivity index (χ1) is 8.94. The van der Waals surface area contributed by atoms with Crippen LogP contribution in [0.25, 0.3) is 0 Å². The fraction of sp³-hybridized carbons (Fsp3) is 0.600. The molecule has 0 saturated carbocycles. The van der Waals surface area contributed by atoms with E-state index in [1.165, 1.54) is 0 Å². The van der Waals surface area contributed by atoms with E-state index in [2.05, 4.69) is 26.1 Å². The van der Waals surface area contributed by atoms with Gasteiger partial charge in [-0.15, -0.1) is 0 Å². The number of nitrogens with one attached hydrogen (secondary N) is 1. The van der Waals surface area contributed by atoms with E-state index in [1.54, 1.807) is 0 Å². The highest BCUT2D eigenvalue weighted by Gasteiger charge is 2.25. The van der Waals surface area contributed by atoms with Crippen LogP contribution >= 0.6 is 11.6 Å². The first kappa shape index (κ1) is 14.8. The lowest BCUT2D eigenvalue weighted by Gasteiger charge is -2.32. The molecule has 1 atom stereocenters. The van der Waals surface area contributed by atoms with Gasteiger partial charge in [0.15, 0.2) is 0 Å². The summed E-state index contributed by atoms with van der Waals surface area (Å²) in [5, 5.41) is 4.24. The van der Waals surface area contributed by atoms with Gasteiger partial charge in [0.2, 0.25) is 0 Å². The van der Waals surface area contributed by atoms with Gasteiger partial charge in [-0.2, -0.15) is 0 Å². The molecule has 0 aromatic heterocycles. The van der Waals surface area contributed by atoms with Gasteiger partial charge in [-0.3, -0.25) is 0 Å². The van der Waals surface area contributed by atoms with Crippen molar-refractivity contribution in [1.82, 2.24) is 5.32 Å². The molecule has 1 aromatic carbocycles. The van der Waals surface area contributed by atoms with Crippen molar-refractivity contribution in [2.24, 2.45) is 0 Å². The third-order valence-corrected chi connectivity index (χ3v) is 3.28. The van der Waals surface area contributed by atoms with Gasteiger partial charge in [-0.1, -0.05) is 23.7 Å². The van der Waals surface area contributed by atoms with Crippen molar-refractivity contribution in [2.75, 3.05) is 19.8 Å². The fourth-order valence-electron chi connectivity index (χ4n) is 1.85. The first-order valence-corrected chi connectivity index (χ1v) is 7.05. The van der Waals surface area contributed by atoms with Crippen molar-refractivity contribution in [2.45, 2.75) is 38.5 Å². The molecule has 4 heteroatoms. The number of hydrogen-bond donors (Lipinski definition) is 1. The highest BCUT2D eigenvalue weighted by Crippen LogP contribution is 2.23. The van der Waals surface area contributed by atoms with Crippen molar-refractivity contribution in [3.8, 4) is 0 Å². The van der Waals surface area contributed by atoms with Crippen molar-refractivity contribution in [1.29, 1.82) is 0 Å². The molecule has 2 rings (SSSR count). The Hall–Kier alpha value is -0.610. The average molecular weight is 284 g/mol. The lowest BCUT2D eigenvalue weighted by molar-refractivity contribution is -0.155. The SMILES string of the molecule is CC(C)(C)NCC(OC1COC1)c1ccc(Cl)cc1. The molecular formula is C15H22ClNO2. The van der Waals surface area contributed by atoms with E-state index >= 15 is 0 Å². The Labute approximate surface area is 120 Å². The zero-order valence-corrected chi connectivity index (χ0v) is 12.5. The number of ether oxygens (including phenoxy) is 2. The summed E-state index contributed by atoms with van der Waals surface area (Å²) >= 11 is 5.93. The van der Waals surface area contributed by atoms with Crippen LogP contribution in [-0.2, 0) is 9.47 Å². The Morgan fingerprint density at radius 2 is 1.95 bits per heavy atom.